The molecular formula is C15H26N2O6. The summed E-state index contributed by atoms with van der Waals surface area (Å²) in [6.07, 6.45) is -0.693. The molecule has 1 heterocycles. The van der Waals surface area contributed by atoms with Gasteiger partial charge in [0, 0.05) is 13.0 Å². The maximum absolute atomic E-state index is 12.3. The Labute approximate surface area is 136 Å². The standard InChI is InChI=1S/C15H26N2O6/c1-6-21-11(18)10-8-15(9-16-10,12(19)22-7-2)17-13(20)23-14(3,4)5/h10,16H,6-9H2,1-5H3,(H,17,20). The zero-order chi connectivity index (χ0) is 17.7. The molecule has 1 fully saturated rings. The van der Waals surface area contributed by atoms with E-state index in [-0.39, 0.29) is 26.2 Å². The number of alkyl carbamates (subject to hydrolysis) is 1. The molecule has 8 nitrogen and oxygen atoms in total. The molecule has 2 N–H and O–H groups in total. The highest BCUT2D eigenvalue weighted by Gasteiger charge is 2.50. The van der Waals surface area contributed by atoms with Gasteiger partial charge in [0.2, 0.25) is 0 Å². The molecule has 0 radical (unpaired) electrons. The van der Waals surface area contributed by atoms with Crippen LogP contribution in [0.15, 0.2) is 0 Å². The average molecular weight is 330 g/mol. The van der Waals surface area contributed by atoms with Crippen molar-refractivity contribution < 1.29 is 28.6 Å². The lowest BCUT2D eigenvalue weighted by Gasteiger charge is -2.29. The summed E-state index contributed by atoms with van der Waals surface area (Å²) in [5.41, 5.74) is -2.05. The first-order valence-corrected chi connectivity index (χ1v) is 7.72. The Kier molecular flexibility index (Phi) is 6.37. The first-order valence-electron chi connectivity index (χ1n) is 7.72. The summed E-state index contributed by atoms with van der Waals surface area (Å²) in [6, 6.07) is -0.686. The maximum Gasteiger partial charge on any atom is 0.408 e. The van der Waals surface area contributed by atoms with Gasteiger partial charge in [0.05, 0.1) is 13.2 Å². The number of hydrogen-bond donors (Lipinski definition) is 2. The number of ether oxygens (including phenoxy) is 3. The van der Waals surface area contributed by atoms with E-state index in [1.54, 1.807) is 34.6 Å². The number of nitrogens with one attached hydrogen (secondary N) is 2. The molecule has 1 rings (SSSR count). The van der Waals surface area contributed by atoms with Gasteiger partial charge in [-0.3, -0.25) is 4.79 Å². The van der Waals surface area contributed by atoms with Gasteiger partial charge in [-0.25, -0.2) is 9.59 Å². The third kappa shape index (κ3) is 5.38. The van der Waals surface area contributed by atoms with Crippen molar-refractivity contribution in [3.05, 3.63) is 0 Å². The van der Waals surface area contributed by atoms with Crippen molar-refractivity contribution in [1.29, 1.82) is 0 Å². The van der Waals surface area contributed by atoms with Gasteiger partial charge in [0.25, 0.3) is 0 Å². The predicted octanol–water partition coefficient (Wildman–Crippen LogP) is 0.738. The van der Waals surface area contributed by atoms with E-state index in [0.29, 0.717) is 0 Å². The third-order valence-corrected chi connectivity index (χ3v) is 3.18. The molecule has 23 heavy (non-hydrogen) atoms. The molecule has 2 atom stereocenters. The Balaban J connectivity index is 2.87. The summed E-state index contributed by atoms with van der Waals surface area (Å²) in [4.78, 5) is 36.2. The number of esters is 2. The minimum Gasteiger partial charge on any atom is -0.465 e. The summed E-state index contributed by atoms with van der Waals surface area (Å²) in [6.45, 7) is 9.00. The fourth-order valence-corrected chi connectivity index (χ4v) is 2.27. The van der Waals surface area contributed by atoms with E-state index < -0.39 is 35.2 Å². The molecule has 0 aromatic rings. The van der Waals surface area contributed by atoms with Crippen LogP contribution in [0.4, 0.5) is 4.79 Å². The molecular weight excluding hydrogens is 304 g/mol. The normalized spacial score (nSPS) is 24.0. The van der Waals surface area contributed by atoms with Gasteiger partial charge in [-0.05, 0) is 34.6 Å². The Bertz CT molecular complexity index is 459. The van der Waals surface area contributed by atoms with Crippen LogP contribution in [0.5, 0.6) is 0 Å². The van der Waals surface area contributed by atoms with Crippen molar-refractivity contribution in [3.63, 3.8) is 0 Å². The fraction of sp³-hybridized carbons (Fsp3) is 0.800. The number of carbonyl (C=O) groups is 3. The van der Waals surface area contributed by atoms with Crippen LogP contribution >= 0.6 is 0 Å². The average Bonchev–Trinajstić information content (AvgIpc) is 2.82. The summed E-state index contributed by atoms with van der Waals surface area (Å²) in [5.74, 6) is -1.07. The van der Waals surface area contributed by atoms with E-state index in [0.717, 1.165) is 0 Å². The van der Waals surface area contributed by atoms with E-state index in [4.69, 9.17) is 14.2 Å². The summed E-state index contributed by atoms with van der Waals surface area (Å²) >= 11 is 0. The minimum absolute atomic E-state index is 0.0455. The number of hydrogen-bond acceptors (Lipinski definition) is 7. The van der Waals surface area contributed by atoms with Gasteiger partial charge in [0.1, 0.15) is 11.6 Å². The largest absolute Gasteiger partial charge is 0.465 e. The second-order valence-electron chi connectivity index (χ2n) is 6.32. The van der Waals surface area contributed by atoms with Crippen molar-refractivity contribution in [2.75, 3.05) is 19.8 Å². The number of rotatable bonds is 5. The Morgan fingerprint density at radius 2 is 1.78 bits per heavy atom. The van der Waals surface area contributed by atoms with Crippen LogP contribution in [0, 0.1) is 0 Å². The van der Waals surface area contributed by atoms with Gasteiger partial charge in [0.15, 0.2) is 5.54 Å². The Hall–Kier alpha value is -1.83. The molecule has 0 bridgehead atoms. The fourth-order valence-electron chi connectivity index (χ4n) is 2.27. The zero-order valence-corrected chi connectivity index (χ0v) is 14.4. The van der Waals surface area contributed by atoms with Crippen molar-refractivity contribution in [3.8, 4) is 0 Å². The van der Waals surface area contributed by atoms with Crippen LogP contribution < -0.4 is 10.6 Å². The molecule has 0 aromatic carbocycles. The second-order valence-corrected chi connectivity index (χ2v) is 6.32. The van der Waals surface area contributed by atoms with Crippen molar-refractivity contribution in [2.24, 2.45) is 0 Å². The monoisotopic (exact) mass is 330 g/mol. The summed E-state index contributed by atoms with van der Waals surface area (Å²) in [7, 11) is 0. The minimum atomic E-state index is -1.35. The van der Waals surface area contributed by atoms with Gasteiger partial charge in [-0.15, -0.1) is 0 Å². The van der Waals surface area contributed by atoms with Gasteiger partial charge >= 0.3 is 18.0 Å². The van der Waals surface area contributed by atoms with Crippen LogP contribution in [0.2, 0.25) is 0 Å². The van der Waals surface area contributed by atoms with Gasteiger partial charge in [-0.2, -0.15) is 0 Å². The molecule has 0 aromatic heterocycles. The van der Waals surface area contributed by atoms with Crippen molar-refractivity contribution >= 4 is 18.0 Å². The zero-order valence-electron chi connectivity index (χ0n) is 14.4. The number of amides is 1. The molecule has 1 amide bonds. The lowest BCUT2D eigenvalue weighted by molar-refractivity contribution is -0.150. The van der Waals surface area contributed by atoms with Crippen LogP contribution in [0.3, 0.4) is 0 Å². The second kappa shape index (κ2) is 7.63. The van der Waals surface area contributed by atoms with E-state index in [9.17, 15) is 14.4 Å². The predicted molar refractivity (Wildman–Crippen MR) is 81.8 cm³/mol. The molecule has 2 unspecified atom stereocenters. The third-order valence-electron chi connectivity index (χ3n) is 3.18. The maximum atomic E-state index is 12.3. The highest BCUT2D eigenvalue weighted by atomic mass is 16.6. The first-order chi connectivity index (χ1) is 10.6. The van der Waals surface area contributed by atoms with Gasteiger partial charge in [-0.1, -0.05) is 0 Å². The van der Waals surface area contributed by atoms with Crippen LogP contribution in [-0.2, 0) is 23.8 Å². The molecule has 0 saturated carbocycles. The summed E-state index contributed by atoms with van der Waals surface area (Å²) < 4.78 is 15.2. The van der Waals surface area contributed by atoms with Crippen LogP contribution in [-0.4, -0.2) is 55.0 Å². The van der Waals surface area contributed by atoms with E-state index >= 15 is 0 Å². The lowest BCUT2D eigenvalue weighted by Crippen LogP contribution is -2.57. The highest BCUT2D eigenvalue weighted by Crippen LogP contribution is 2.23. The molecule has 0 spiro atoms. The number of carbonyl (C=O) groups excluding carboxylic acids is 3. The molecule has 1 aliphatic rings. The quantitative estimate of drug-likeness (QED) is 0.566. The molecule has 1 saturated heterocycles. The van der Waals surface area contributed by atoms with E-state index in [1.807, 2.05) is 0 Å². The molecule has 1 aliphatic heterocycles. The van der Waals surface area contributed by atoms with Crippen molar-refractivity contribution in [2.45, 2.75) is 58.2 Å². The Morgan fingerprint density at radius 1 is 1.17 bits per heavy atom. The van der Waals surface area contributed by atoms with Crippen LogP contribution in [0.25, 0.3) is 0 Å². The molecule has 0 aliphatic carbocycles. The Morgan fingerprint density at radius 3 is 2.30 bits per heavy atom. The SMILES string of the molecule is CCOC(=O)C1CC(NC(=O)OC(C)(C)C)(C(=O)OCC)CN1. The first kappa shape index (κ1) is 19.2. The van der Waals surface area contributed by atoms with Crippen LogP contribution in [0.1, 0.15) is 41.0 Å². The van der Waals surface area contributed by atoms with Gasteiger partial charge < -0.3 is 24.8 Å². The van der Waals surface area contributed by atoms with E-state index in [1.165, 1.54) is 0 Å². The summed E-state index contributed by atoms with van der Waals surface area (Å²) in [5, 5.41) is 5.45. The molecule has 8 heteroatoms. The lowest BCUT2D eigenvalue weighted by atomic mass is 9.96. The van der Waals surface area contributed by atoms with Crippen molar-refractivity contribution in [1.82, 2.24) is 10.6 Å². The topological polar surface area (TPSA) is 103 Å². The highest BCUT2D eigenvalue weighted by molar-refractivity contribution is 5.89. The smallest absolute Gasteiger partial charge is 0.408 e. The molecule has 132 valence electrons. The van der Waals surface area contributed by atoms with E-state index in [2.05, 4.69) is 10.6 Å².